The van der Waals surface area contributed by atoms with Gasteiger partial charge in [0.25, 0.3) is 0 Å². The van der Waals surface area contributed by atoms with E-state index in [4.69, 9.17) is 0 Å². The van der Waals surface area contributed by atoms with E-state index in [2.05, 4.69) is 36.9 Å². The molecule has 0 unspecified atom stereocenters. The van der Waals surface area contributed by atoms with Gasteiger partial charge in [-0.3, -0.25) is 10.1 Å². The minimum absolute atomic E-state index is 0. The number of nitrogens with one attached hydrogen (secondary N) is 3. The van der Waals surface area contributed by atoms with Crippen LogP contribution in [0.1, 0.15) is 16.7 Å². The molecule has 0 amide bonds. The van der Waals surface area contributed by atoms with E-state index in [1.807, 2.05) is 31.2 Å². The van der Waals surface area contributed by atoms with Crippen LogP contribution in [-0.4, -0.2) is 34.7 Å². The number of hydrogen-bond donors (Lipinski definition) is 3. The van der Waals surface area contributed by atoms with Crippen LogP contribution in [0, 0.1) is 12.7 Å². The molecule has 0 fully saturated rings. The van der Waals surface area contributed by atoms with Crippen LogP contribution in [0.4, 0.5) is 4.39 Å². The molecule has 28 heavy (non-hydrogen) atoms. The van der Waals surface area contributed by atoms with E-state index in [0.29, 0.717) is 13.1 Å². The summed E-state index contributed by atoms with van der Waals surface area (Å²) in [4.78, 5) is 8.42. The molecule has 148 valence electrons. The monoisotopic (exact) mass is 494 g/mol. The van der Waals surface area contributed by atoms with Crippen molar-refractivity contribution in [3.8, 4) is 11.4 Å². The van der Waals surface area contributed by atoms with Gasteiger partial charge < -0.3 is 10.6 Å². The molecule has 0 aliphatic heterocycles. The number of H-pyrrole nitrogens is 1. The Morgan fingerprint density at radius 1 is 1.18 bits per heavy atom. The van der Waals surface area contributed by atoms with Crippen LogP contribution in [0.25, 0.3) is 11.4 Å². The normalized spacial score (nSPS) is 11.0. The Kier molecular flexibility index (Phi) is 8.37. The van der Waals surface area contributed by atoms with Gasteiger partial charge in [-0.1, -0.05) is 24.3 Å². The maximum absolute atomic E-state index is 13.2. The van der Waals surface area contributed by atoms with Crippen LogP contribution < -0.4 is 10.6 Å². The van der Waals surface area contributed by atoms with Crippen molar-refractivity contribution in [2.24, 2.45) is 4.99 Å². The number of halogens is 2. The molecule has 0 atom stereocenters. The smallest absolute Gasteiger partial charge is 0.191 e. The topological polar surface area (TPSA) is 78.0 Å². The van der Waals surface area contributed by atoms with Gasteiger partial charge in [-0.15, -0.1) is 24.0 Å². The number of aromatic amines is 1. The van der Waals surface area contributed by atoms with Crippen molar-refractivity contribution in [2.45, 2.75) is 19.9 Å². The molecule has 6 nitrogen and oxygen atoms in total. The second kappa shape index (κ2) is 10.7. The highest BCUT2D eigenvalue weighted by Gasteiger charge is 2.04. The Bertz CT molecular complexity index is 911. The maximum Gasteiger partial charge on any atom is 0.191 e. The summed E-state index contributed by atoms with van der Waals surface area (Å²) >= 11 is 0. The van der Waals surface area contributed by atoms with Crippen LogP contribution in [0.5, 0.6) is 0 Å². The molecule has 0 aliphatic carbocycles. The summed E-state index contributed by atoms with van der Waals surface area (Å²) in [5.41, 5.74) is 4.19. The van der Waals surface area contributed by atoms with E-state index >= 15 is 0 Å². The number of guanidine groups is 1. The number of nitrogens with zero attached hydrogens (tertiary/aromatic N) is 3. The Balaban J connectivity index is 0.00000280. The summed E-state index contributed by atoms with van der Waals surface area (Å²) in [6.45, 7) is 3.27. The van der Waals surface area contributed by atoms with E-state index < -0.39 is 0 Å². The van der Waals surface area contributed by atoms with Crippen molar-refractivity contribution in [3.63, 3.8) is 0 Å². The Labute approximate surface area is 181 Å². The van der Waals surface area contributed by atoms with Gasteiger partial charge >= 0.3 is 0 Å². The molecule has 8 heteroatoms. The number of aliphatic imine (C=N–C) groups is 1. The van der Waals surface area contributed by atoms with Crippen LogP contribution in [0.3, 0.4) is 0 Å². The first-order valence-corrected chi connectivity index (χ1v) is 8.80. The number of benzene rings is 2. The van der Waals surface area contributed by atoms with Crippen molar-refractivity contribution < 1.29 is 4.39 Å². The van der Waals surface area contributed by atoms with E-state index in [9.17, 15) is 4.39 Å². The van der Waals surface area contributed by atoms with Crippen molar-refractivity contribution in [3.05, 3.63) is 71.3 Å². The molecule has 3 N–H and O–H groups in total. The highest BCUT2D eigenvalue weighted by molar-refractivity contribution is 14.0. The van der Waals surface area contributed by atoms with E-state index in [1.54, 1.807) is 13.1 Å². The van der Waals surface area contributed by atoms with Crippen LogP contribution in [-0.2, 0) is 13.0 Å². The Morgan fingerprint density at radius 3 is 2.75 bits per heavy atom. The van der Waals surface area contributed by atoms with E-state index in [0.717, 1.165) is 40.5 Å². The minimum atomic E-state index is -0.200. The van der Waals surface area contributed by atoms with Crippen molar-refractivity contribution >= 4 is 29.9 Å². The number of hydrogen-bond acceptors (Lipinski definition) is 3. The molecular weight excluding hydrogens is 470 g/mol. The number of rotatable bonds is 6. The minimum Gasteiger partial charge on any atom is -0.356 e. The molecule has 0 radical (unpaired) electrons. The molecule has 0 saturated heterocycles. The zero-order valence-electron chi connectivity index (χ0n) is 15.9. The molecule has 2 aromatic carbocycles. The molecule has 0 bridgehead atoms. The van der Waals surface area contributed by atoms with Gasteiger partial charge in [0, 0.05) is 25.7 Å². The molecule has 1 heterocycles. The summed E-state index contributed by atoms with van der Waals surface area (Å²) in [5.74, 6) is 1.27. The zero-order valence-corrected chi connectivity index (χ0v) is 18.2. The molecule has 3 rings (SSSR count). The second-order valence-electron chi connectivity index (χ2n) is 6.21. The third-order valence-corrected chi connectivity index (χ3v) is 4.29. The van der Waals surface area contributed by atoms with Gasteiger partial charge in [-0.2, -0.15) is 5.10 Å². The van der Waals surface area contributed by atoms with Gasteiger partial charge in [0.2, 0.25) is 0 Å². The lowest BCUT2D eigenvalue weighted by Crippen LogP contribution is -2.37. The van der Waals surface area contributed by atoms with Crippen molar-refractivity contribution in [1.29, 1.82) is 0 Å². The first kappa shape index (κ1) is 21.8. The third kappa shape index (κ3) is 6.01. The zero-order chi connectivity index (χ0) is 19.1. The van der Waals surface area contributed by atoms with Gasteiger partial charge in [0.15, 0.2) is 11.8 Å². The average Bonchev–Trinajstić information content (AvgIpc) is 3.21. The van der Waals surface area contributed by atoms with Crippen LogP contribution in [0.2, 0.25) is 0 Å². The maximum atomic E-state index is 13.2. The second-order valence-corrected chi connectivity index (χ2v) is 6.21. The van der Waals surface area contributed by atoms with Crippen molar-refractivity contribution in [1.82, 2.24) is 25.8 Å². The summed E-state index contributed by atoms with van der Waals surface area (Å²) < 4.78 is 13.2. The fourth-order valence-corrected chi connectivity index (χ4v) is 2.83. The molecule has 0 spiro atoms. The summed E-state index contributed by atoms with van der Waals surface area (Å²) in [6.07, 6.45) is 2.29. The molecule has 1 aromatic heterocycles. The first-order valence-electron chi connectivity index (χ1n) is 8.80. The van der Waals surface area contributed by atoms with Crippen LogP contribution in [0.15, 0.2) is 53.8 Å². The fraction of sp³-hybridized carbons (Fsp3) is 0.250. The summed E-state index contributed by atoms with van der Waals surface area (Å²) in [5, 5.41) is 13.3. The molecule has 0 aliphatic rings. The highest BCUT2D eigenvalue weighted by Crippen LogP contribution is 2.15. The number of aryl methyl sites for hydroxylation is 1. The largest absolute Gasteiger partial charge is 0.356 e. The molecular formula is C20H24FIN6. The predicted octanol–water partition coefficient (Wildman–Crippen LogP) is 3.44. The van der Waals surface area contributed by atoms with Crippen LogP contribution >= 0.6 is 24.0 Å². The van der Waals surface area contributed by atoms with Crippen molar-refractivity contribution in [2.75, 3.05) is 13.6 Å². The standard InChI is InChI=1S/C20H23FN6.HI/c1-14-10-18(21)7-6-16(14)8-9-23-20(22-2)24-12-15-4-3-5-17(11-15)19-25-13-26-27-19;/h3-7,10-11,13H,8-9,12H2,1-2H3,(H2,22,23,24)(H,25,26,27);1H. The third-order valence-electron chi connectivity index (χ3n) is 4.29. The lowest BCUT2D eigenvalue weighted by atomic mass is 10.1. The summed E-state index contributed by atoms with van der Waals surface area (Å²) in [7, 11) is 1.74. The lowest BCUT2D eigenvalue weighted by molar-refractivity contribution is 0.625. The number of aromatic nitrogens is 3. The lowest BCUT2D eigenvalue weighted by Gasteiger charge is -2.13. The Morgan fingerprint density at radius 2 is 2.04 bits per heavy atom. The summed E-state index contributed by atoms with van der Waals surface area (Å²) in [6, 6.07) is 13.0. The van der Waals surface area contributed by atoms with E-state index in [-0.39, 0.29) is 29.8 Å². The first-order chi connectivity index (χ1) is 13.2. The molecule has 3 aromatic rings. The predicted molar refractivity (Wildman–Crippen MR) is 120 cm³/mol. The average molecular weight is 494 g/mol. The molecule has 0 saturated carbocycles. The van der Waals surface area contributed by atoms with Gasteiger partial charge in [-0.05, 0) is 48.2 Å². The quantitative estimate of drug-likeness (QED) is 0.279. The fourth-order valence-electron chi connectivity index (χ4n) is 2.83. The van der Waals surface area contributed by atoms with Gasteiger partial charge in [0.1, 0.15) is 12.1 Å². The SMILES string of the molecule is CN=C(NCCc1ccc(F)cc1C)NCc1cccc(-c2ncn[nH]2)c1.I. The van der Waals surface area contributed by atoms with E-state index in [1.165, 1.54) is 12.4 Å². The van der Waals surface area contributed by atoms with Gasteiger partial charge in [0.05, 0.1) is 0 Å². The van der Waals surface area contributed by atoms with Gasteiger partial charge in [-0.25, -0.2) is 9.37 Å². The Hall–Kier alpha value is -2.49. The highest BCUT2D eigenvalue weighted by atomic mass is 127.